The van der Waals surface area contributed by atoms with Gasteiger partial charge in [0.15, 0.2) is 17.5 Å². The van der Waals surface area contributed by atoms with Gasteiger partial charge in [-0.3, -0.25) is 4.57 Å². The Morgan fingerprint density at radius 1 is 0.339 bits per heavy atom. The molecule has 10 aromatic heterocycles. The average Bonchev–Trinajstić information content (AvgIpc) is 1.52. The normalized spacial score (nSPS) is 12.6. The molecule has 0 spiro atoms. The molecular formula is C99H56N8S2. The zero-order valence-corrected chi connectivity index (χ0v) is 60.2. The van der Waals surface area contributed by atoms with Crippen LogP contribution in [-0.2, 0) is 0 Å². The van der Waals surface area contributed by atoms with Crippen LogP contribution < -0.4 is 0 Å². The van der Waals surface area contributed by atoms with Crippen molar-refractivity contribution < 1.29 is 0 Å². The van der Waals surface area contributed by atoms with Crippen LogP contribution in [0.5, 0.6) is 0 Å². The van der Waals surface area contributed by atoms with Gasteiger partial charge in [0.1, 0.15) is 0 Å². The molecule has 0 aliphatic carbocycles. The fourth-order valence-electron chi connectivity index (χ4n) is 18.7. The number of aryl methyl sites for hydroxylation is 1. The highest BCUT2D eigenvalue weighted by Crippen LogP contribution is 2.52. The highest BCUT2D eigenvalue weighted by atomic mass is 32.1. The van der Waals surface area contributed by atoms with Crippen molar-refractivity contribution in [3.63, 3.8) is 0 Å². The van der Waals surface area contributed by atoms with Gasteiger partial charge in [0.2, 0.25) is 0 Å². The van der Waals surface area contributed by atoms with Gasteiger partial charge in [-0.1, -0.05) is 231 Å². The smallest absolute Gasteiger partial charge is 0.162 e. The van der Waals surface area contributed by atoms with Crippen molar-refractivity contribution in [3.05, 3.63) is 327 Å². The van der Waals surface area contributed by atoms with Gasteiger partial charge in [-0.05, 0) is 141 Å². The Kier molecular flexibility index (Phi) is 11.9. The summed E-state index contributed by atoms with van der Waals surface area (Å²) >= 11 is 3.53. The van der Waals surface area contributed by atoms with Gasteiger partial charge < -0.3 is 13.4 Å². The summed E-state index contributed by atoms with van der Waals surface area (Å²) in [6, 6.07) is 109. The third-order valence-electron chi connectivity index (χ3n) is 23.5. The lowest BCUT2D eigenvalue weighted by molar-refractivity contribution is 1.08. The Bertz CT molecular complexity index is 8390. The fraction of sp³-hybridized carbons (Fsp3) is 0.0101. The summed E-state index contributed by atoms with van der Waals surface area (Å²) in [6.07, 6.45) is 4.58. The van der Waals surface area contributed by atoms with Crippen molar-refractivity contribution in [1.29, 1.82) is 0 Å². The van der Waals surface area contributed by atoms with Crippen molar-refractivity contribution in [2.45, 2.75) is 6.92 Å². The lowest BCUT2D eigenvalue weighted by Crippen LogP contribution is -2.02. The number of nitrogens with zero attached hydrogens (tertiary/aromatic N) is 8. The summed E-state index contributed by atoms with van der Waals surface area (Å²) in [7, 11) is 0. The van der Waals surface area contributed by atoms with E-state index in [-0.39, 0.29) is 0 Å². The van der Waals surface area contributed by atoms with E-state index in [2.05, 4.69) is 328 Å². The standard InChI is InChI=1S/C99H56N8S2/c1-54(36-46-76-55(2)71-52-73-68-29-13-17-33-78(68)107(94(73)86-84-65-26-10-8-21-57(65)41-48-80(84)105(76)91(71)86)99-96-90(70-31-15-19-35-83(70)109-96)102-98(103-99)63-38-37-56-20-6-7-25-62(56)50-63)61-43-47-79-72(51-61)75-53-74-67-28-12-16-32-77(67)106-81-49-42-58-22-9-11-27-66(58)85(81)87(93(74)106)92(75)104(79)64-44-39-59(40-45-64)88-95-89(69-30-14-18-34-82(69)108-95)101-97(100-88)60-23-4-3-5-24-60/h3-53H,1H2,2H3/b46-36-. The maximum atomic E-state index is 5.78. The first-order chi connectivity index (χ1) is 53.9. The molecule has 0 saturated heterocycles. The van der Waals surface area contributed by atoms with E-state index in [0.29, 0.717) is 11.6 Å². The molecule has 0 aliphatic heterocycles. The monoisotopic (exact) mass is 1420 g/mol. The van der Waals surface area contributed by atoms with Crippen LogP contribution in [0.2, 0.25) is 0 Å². The predicted octanol–water partition coefficient (Wildman–Crippen LogP) is 26.8. The first-order valence-electron chi connectivity index (χ1n) is 37.0. The summed E-state index contributed by atoms with van der Waals surface area (Å²) < 4.78 is 14.6. The number of hydrogen-bond acceptors (Lipinski definition) is 6. The molecule has 10 heteroatoms. The zero-order valence-electron chi connectivity index (χ0n) is 58.5. The SMILES string of the molecule is C=C(/C=C\c1c(C)c2cc3c4ccccc4n(-c4nc(-c5ccc6ccccc6c5)nc5c4sc4ccccc45)c3c3c4c5ccccc5ccc4n1c23)c1ccc2c(c1)c1cc3c4ccccc4n4c5ccc6ccccc6c5c(c1n2-c1ccc(-c2nc(-c5ccccc5)nc5c2sc2ccccc25)cc1)c34. The molecule has 0 amide bonds. The van der Waals surface area contributed by atoms with Crippen LogP contribution in [0, 0.1) is 6.92 Å². The molecule has 0 aliphatic rings. The summed E-state index contributed by atoms with van der Waals surface area (Å²) in [5.41, 5.74) is 21.6. The number of para-hydroxylation sites is 2. The van der Waals surface area contributed by atoms with Crippen molar-refractivity contribution >= 4 is 216 Å². The third kappa shape index (κ3) is 8.09. The molecule has 0 bridgehead atoms. The molecule has 109 heavy (non-hydrogen) atoms. The Morgan fingerprint density at radius 2 is 0.853 bits per heavy atom. The largest absolute Gasteiger partial charge is 0.309 e. The van der Waals surface area contributed by atoms with Crippen LogP contribution >= 0.6 is 22.7 Å². The molecule has 0 fully saturated rings. The zero-order chi connectivity index (χ0) is 71.2. The van der Waals surface area contributed by atoms with Crippen LogP contribution in [-0.4, -0.2) is 37.9 Å². The molecule has 10 heterocycles. The summed E-state index contributed by atoms with van der Waals surface area (Å²) in [4.78, 5) is 22.0. The molecular weight excluding hydrogens is 1370 g/mol. The van der Waals surface area contributed by atoms with E-state index in [1.807, 2.05) is 6.07 Å². The van der Waals surface area contributed by atoms with Gasteiger partial charge in [0.05, 0.1) is 75.8 Å². The maximum Gasteiger partial charge on any atom is 0.162 e. The topological polar surface area (TPSA) is 70.2 Å². The second-order valence-corrected chi connectivity index (χ2v) is 31.3. The molecule has 0 atom stereocenters. The summed E-state index contributed by atoms with van der Waals surface area (Å²) in [5.74, 6) is 2.28. The first kappa shape index (κ1) is 59.4. The lowest BCUT2D eigenvalue weighted by atomic mass is 9.98. The molecule has 504 valence electrons. The number of rotatable bonds is 8. The third-order valence-corrected chi connectivity index (χ3v) is 25.9. The van der Waals surface area contributed by atoms with Crippen molar-refractivity contribution in [2.75, 3.05) is 0 Å². The minimum absolute atomic E-state index is 0.694. The van der Waals surface area contributed by atoms with Crippen LogP contribution in [0.1, 0.15) is 16.8 Å². The minimum Gasteiger partial charge on any atom is -0.309 e. The van der Waals surface area contributed by atoms with Gasteiger partial charge in [-0.25, -0.2) is 19.9 Å². The molecule has 25 rings (SSSR count). The maximum absolute atomic E-state index is 5.78. The molecule has 0 saturated carbocycles. The summed E-state index contributed by atoms with van der Waals surface area (Å²) in [5, 5.41) is 22.7. The lowest BCUT2D eigenvalue weighted by Gasteiger charge is -2.12. The summed E-state index contributed by atoms with van der Waals surface area (Å²) in [6.45, 7) is 7.29. The molecule has 0 unspecified atom stereocenters. The van der Waals surface area contributed by atoms with E-state index >= 15 is 0 Å². The molecule has 8 nitrogen and oxygen atoms in total. The van der Waals surface area contributed by atoms with Gasteiger partial charge in [-0.15, -0.1) is 22.7 Å². The Hall–Kier alpha value is -13.9. The Labute approximate surface area is 628 Å². The van der Waals surface area contributed by atoms with Crippen LogP contribution in [0.3, 0.4) is 0 Å². The van der Waals surface area contributed by atoms with E-state index in [1.54, 1.807) is 22.7 Å². The first-order valence-corrected chi connectivity index (χ1v) is 38.7. The van der Waals surface area contributed by atoms with E-state index in [0.717, 1.165) is 115 Å². The van der Waals surface area contributed by atoms with Crippen molar-refractivity contribution in [3.8, 4) is 45.5 Å². The highest BCUT2D eigenvalue weighted by molar-refractivity contribution is 7.26. The van der Waals surface area contributed by atoms with E-state index in [9.17, 15) is 0 Å². The van der Waals surface area contributed by atoms with E-state index in [1.165, 1.54) is 123 Å². The van der Waals surface area contributed by atoms with Crippen LogP contribution in [0.15, 0.2) is 310 Å². The van der Waals surface area contributed by atoms with Crippen molar-refractivity contribution in [2.24, 2.45) is 0 Å². The number of aromatic nitrogens is 8. The molecule has 15 aromatic carbocycles. The Balaban J connectivity index is 0.703. The van der Waals surface area contributed by atoms with Crippen LogP contribution in [0.4, 0.5) is 0 Å². The number of thiophene rings is 2. The molecule has 0 N–H and O–H groups in total. The van der Waals surface area contributed by atoms with E-state index < -0.39 is 0 Å². The number of fused-ring (bicyclic) bond motifs is 28. The van der Waals surface area contributed by atoms with Crippen LogP contribution in [0.25, 0.3) is 239 Å². The second-order valence-electron chi connectivity index (χ2n) is 29.2. The van der Waals surface area contributed by atoms with Gasteiger partial charge >= 0.3 is 0 Å². The molecule has 0 radical (unpaired) electrons. The quantitative estimate of drug-likeness (QED) is 0.142. The van der Waals surface area contributed by atoms with Gasteiger partial charge in [-0.2, -0.15) is 0 Å². The molecule has 25 aromatic rings. The van der Waals surface area contributed by atoms with Crippen molar-refractivity contribution in [1.82, 2.24) is 37.9 Å². The number of allylic oxidation sites excluding steroid dienone is 2. The minimum atomic E-state index is 0.694. The Morgan fingerprint density at radius 3 is 1.58 bits per heavy atom. The number of hydrogen-bond donors (Lipinski definition) is 0. The number of benzene rings is 15. The second kappa shape index (κ2) is 21.9. The van der Waals surface area contributed by atoms with Gasteiger partial charge in [0.25, 0.3) is 0 Å². The fourth-order valence-corrected chi connectivity index (χ4v) is 21.0. The predicted molar refractivity (Wildman–Crippen MR) is 462 cm³/mol. The van der Waals surface area contributed by atoms with Gasteiger partial charge in [0, 0.05) is 107 Å². The average molecular weight is 1420 g/mol. The highest BCUT2D eigenvalue weighted by Gasteiger charge is 2.31. The van der Waals surface area contributed by atoms with E-state index in [4.69, 9.17) is 26.5 Å².